The standard InChI is InChI=1S/C13H10BrF2N/c14-13-5-4-11(16)6-9(13)8-17-12-3-1-2-10(15)7-12/h1-7,17H,8H2. The molecule has 0 radical (unpaired) electrons. The molecule has 88 valence electrons. The first kappa shape index (κ1) is 12.0. The zero-order valence-electron chi connectivity index (χ0n) is 8.88. The Bertz CT molecular complexity index is 529. The van der Waals surface area contributed by atoms with Crippen LogP contribution in [-0.2, 0) is 6.54 Å². The molecule has 1 N–H and O–H groups in total. The lowest BCUT2D eigenvalue weighted by atomic mass is 10.2. The summed E-state index contributed by atoms with van der Waals surface area (Å²) in [5, 5.41) is 3.03. The molecule has 1 nitrogen and oxygen atoms in total. The van der Waals surface area contributed by atoms with Crippen LogP contribution in [0.25, 0.3) is 0 Å². The first-order valence-electron chi connectivity index (χ1n) is 5.08. The Hall–Kier alpha value is -1.42. The third-order valence-electron chi connectivity index (χ3n) is 2.32. The van der Waals surface area contributed by atoms with Crippen molar-refractivity contribution in [3.63, 3.8) is 0 Å². The van der Waals surface area contributed by atoms with Crippen LogP contribution in [0.4, 0.5) is 14.5 Å². The zero-order valence-corrected chi connectivity index (χ0v) is 10.5. The van der Waals surface area contributed by atoms with E-state index in [1.807, 2.05) is 0 Å². The van der Waals surface area contributed by atoms with Crippen molar-refractivity contribution >= 4 is 21.6 Å². The van der Waals surface area contributed by atoms with E-state index < -0.39 is 0 Å². The van der Waals surface area contributed by atoms with Crippen LogP contribution in [0.1, 0.15) is 5.56 Å². The highest BCUT2D eigenvalue weighted by Gasteiger charge is 2.02. The summed E-state index contributed by atoms with van der Waals surface area (Å²) in [6, 6.07) is 10.6. The van der Waals surface area contributed by atoms with Crippen LogP contribution >= 0.6 is 15.9 Å². The van der Waals surface area contributed by atoms with Crippen molar-refractivity contribution in [1.29, 1.82) is 0 Å². The van der Waals surface area contributed by atoms with Gasteiger partial charge in [0.25, 0.3) is 0 Å². The summed E-state index contributed by atoms with van der Waals surface area (Å²) in [6.07, 6.45) is 0. The van der Waals surface area contributed by atoms with Gasteiger partial charge in [-0.1, -0.05) is 22.0 Å². The molecule has 0 aromatic heterocycles. The fraction of sp³-hybridized carbons (Fsp3) is 0.0769. The fourth-order valence-corrected chi connectivity index (χ4v) is 1.86. The highest BCUT2D eigenvalue weighted by atomic mass is 79.9. The highest BCUT2D eigenvalue weighted by Crippen LogP contribution is 2.19. The van der Waals surface area contributed by atoms with Gasteiger partial charge in [0.2, 0.25) is 0 Å². The van der Waals surface area contributed by atoms with Crippen LogP contribution in [0.5, 0.6) is 0 Å². The van der Waals surface area contributed by atoms with Crippen LogP contribution < -0.4 is 5.32 Å². The molecule has 0 spiro atoms. The van der Waals surface area contributed by atoms with Crippen molar-refractivity contribution in [1.82, 2.24) is 0 Å². The van der Waals surface area contributed by atoms with E-state index in [-0.39, 0.29) is 11.6 Å². The minimum atomic E-state index is -0.298. The largest absolute Gasteiger partial charge is 0.381 e. The van der Waals surface area contributed by atoms with Gasteiger partial charge in [0.15, 0.2) is 0 Å². The number of benzene rings is 2. The summed E-state index contributed by atoms with van der Waals surface area (Å²) < 4.78 is 26.8. The Morgan fingerprint density at radius 2 is 1.76 bits per heavy atom. The van der Waals surface area contributed by atoms with Gasteiger partial charge in [-0.05, 0) is 42.0 Å². The van der Waals surface area contributed by atoms with Crippen LogP contribution in [0.3, 0.4) is 0 Å². The molecule has 0 atom stereocenters. The summed E-state index contributed by atoms with van der Waals surface area (Å²) in [7, 11) is 0. The molecule has 0 aliphatic carbocycles. The van der Waals surface area contributed by atoms with Gasteiger partial charge in [-0.2, -0.15) is 0 Å². The van der Waals surface area contributed by atoms with Crippen LogP contribution in [0.15, 0.2) is 46.9 Å². The van der Waals surface area contributed by atoms with Crippen LogP contribution in [0.2, 0.25) is 0 Å². The van der Waals surface area contributed by atoms with Gasteiger partial charge in [0.05, 0.1) is 0 Å². The number of anilines is 1. The minimum absolute atomic E-state index is 0.288. The lowest BCUT2D eigenvalue weighted by Crippen LogP contribution is -2.00. The normalized spacial score (nSPS) is 10.3. The molecule has 0 saturated heterocycles. The van der Waals surface area contributed by atoms with E-state index in [1.54, 1.807) is 18.2 Å². The van der Waals surface area contributed by atoms with E-state index >= 15 is 0 Å². The lowest BCUT2D eigenvalue weighted by molar-refractivity contribution is 0.625. The minimum Gasteiger partial charge on any atom is -0.381 e. The maximum absolute atomic E-state index is 13.0. The van der Waals surface area contributed by atoms with Crippen molar-refractivity contribution in [2.75, 3.05) is 5.32 Å². The summed E-state index contributed by atoms with van der Waals surface area (Å²) in [5.74, 6) is -0.586. The van der Waals surface area contributed by atoms with Crippen molar-refractivity contribution in [2.24, 2.45) is 0 Å². The van der Waals surface area contributed by atoms with Crippen LogP contribution in [-0.4, -0.2) is 0 Å². The molecular weight excluding hydrogens is 288 g/mol. The summed E-state index contributed by atoms with van der Waals surface area (Å²) >= 11 is 3.34. The van der Waals surface area contributed by atoms with Gasteiger partial charge in [0, 0.05) is 16.7 Å². The average molecular weight is 298 g/mol. The van der Waals surface area contributed by atoms with E-state index in [4.69, 9.17) is 0 Å². The molecular formula is C13H10BrF2N. The predicted molar refractivity (Wildman–Crippen MR) is 67.8 cm³/mol. The molecule has 0 saturated carbocycles. The molecule has 4 heteroatoms. The summed E-state index contributed by atoms with van der Waals surface area (Å²) in [4.78, 5) is 0. The van der Waals surface area contributed by atoms with Gasteiger partial charge in [-0.3, -0.25) is 0 Å². The molecule has 2 aromatic rings. The molecule has 2 aromatic carbocycles. The number of nitrogens with one attached hydrogen (secondary N) is 1. The molecule has 0 heterocycles. The monoisotopic (exact) mass is 297 g/mol. The lowest BCUT2D eigenvalue weighted by Gasteiger charge is -2.08. The Morgan fingerprint density at radius 1 is 1.00 bits per heavy atom. The van der Waals surface area contributed by atoms with Gasteiger partial charge in [-0.25, -0.2) is 8.78 Å². The van der Waals surface area contributed by atoms with Gasteiger partial charge < -0.3 is 5.32 Å². The van der Waals surface area contributed by atoms with Crippen LogP contribution in [0, 0.1) is 11.6 Å². The Labute approximate surface area is 107 Å². The van der Waals surface area contributed by atoms with Crippen molar-refractivity contribution < 1.29 is 8.78 Å². The SMILES string of the molecule is Fc1cccc(NCc2cc(F)ccc2Br)c1. The van der Waals surface area contributed by atoms with E-state index in [2.05, 4.69) is 21.2 Å². The maximum Gasteiger partial charge on any atom is 0.125 e. The van der Waals surface area contributed by atoms with E-state index in [0.717, 1.165) is 10.0 Å². The predicted octanol–water partition coefficient (Wildman–Crippen LogP) is 4.34. The van der Waals surface area contributed by atoms with E-state index in [0.29, 0.717) is 12.2 Å². The topological polar surface area (TPSA) is 12.0 Å². The van der Waals surface area contributed by atoms with Crippen molar-refractivity contribution in [3.8, 4) is 0 Å². The molecule has 0 amide bonds. The molecule has 0 fully saturated rings. The first-order valence-corrected chi connectivity index (χ1v) is 5.88. The number of hydrogen-bond donors (Lipinski definition) is 1. The average Bonchev–Trinajstić information content (AvgIpc) is 2.30. The number of halogens is 3. The quantitative estimate of drug-likeness (QED) is 0.889. The van der Waals surface area contributed by atoms with E-state index in [1.165, 1.54) is 24.3 Å². The molecule has 0 aliphatic heterocycles. The van der Waals surface area contributed by atoms with Gasteiger partial charge in [0.1, 0.15) is 11.6 Å². The second-order valence-corrected chi connectivity index (χ2v) is 4.45. The Kier molecular flexibility index (Phi) is 3.74. The van der Waals surface area contributed by atoms with Gasteiger partial charge in [-0.15, -0.1) is 0 Å². The third-order valence-corrected chi connectivity index (χ3v) is 3.09. The summed E-state index contributed by atoms with van der Waals surface area (Å²) in [6.45, 7) is 0.432. The summed E-state index contributed by atoms with van der Waals surface area (Å²) in [5.41, 5.74) is 1.45. The third kappa shape index (κ3) is 3.27. The molecule has 17 heavy (non-hydrogen) atoms. The molecule has 0 aliphatic rings. The Balaban J connectivity index is 2.09. The zero-order chi connectivity index (χ0) is 12.3. The molecule has 0 unspecified atom stereocenters. The first-order chi connectivity index (χ1) is 8.15. The second-order valence-electron chi connectivity index (χ2n) is 3.60. The second kappa shape index (κ2) is 5.27. The molecule has 2 rings (SSSR count). The Morgan fingerprint density at radius 3 is 2.53 bits per heavy atom. The van der Waals surface area contributed by atoms with E-state index in [9.17, 15) is 8.78 Å². The van der Waals surface area contributed by atoms with Crippen molar-refractivity contribution in [3.05, 3.63) is 64.1 Å². The smallest absolute Gasteiger partial charge is 0.125 e. The van der Waals surface area contributed by atoms with Crippen molar-refractivity contribution in [2.45, 2.75) is 6.54 Å². The molecule has 0 bridgehead atoms. The van der Waals surface area contributed by atoms with Gasteiger partial charge >= 0.3 is 0 Å². The maximum atomic E-state index is 13.0. The fourth-order valence-electron chi connectivity index (χ4n) is 1.47. The highest BCUT2D eigenvalue weighted by molar-refractivity contribution is 9.10. The number of rotatable bonds is 3. The number of hydrogen-bond acceptors (Lipinski definition) is 1.